The Labute approximate surface area is 175 Å². The van der Waals surface area contributed by atoms with Crippen molar-refractivity contribution in [2.75, 3.05) is 0 Å². The predicted molar refractivity (Wildman–Crippen MR) is 104 cm³/mol. The van der Waals surface area contributed by atoms with Gasteiger partial charge >= 0.3 is 5.97 Å². The predicted octanol–water partition coefficient (Wildman–Crippen LogP) is 2.39. The lowest BCUT2D eigenvalue weighted by Crippen LogP contribution is -2.45. The van der Waals surface area contributed by atoms with E-state index in [0.717, 1.165) is 19.3 Å². The van der Waals surface area contributed by atoms with Gasteiger partial charge in [0, 0.05) is 23.8 Å². The summed E-state index contributed by atoms with van der Waals surface area (Å²) in [5.74, 6) is -2.62. The maximum Gasteiger partial charge on any atom is 0.306 e. The van der Waals surface area contributed by atoms with Crippen molar-refractivity contribution in [3.05, 3.63) is 10.1 Å². The van der Waals surface area contributed by atoms with E-state index in [9.17, 15) is 29.6 Å². The molecule has 4 aliphatic rings. The molecule has 0 aromatic rings. The highest BCUT2D eigenvalue weighted by atomic mass is 16.6. The number of imide groups is 1. The van der Waals surface area contributed by atoms with Crippen LogP contribution in [0.1, 0.15) is 70.6 Å². The van der Waals surface area contributed by atoms with Crippen LogP contribution in [0.3, 0.4) is 0 Å². The van der Waals surface area contributed by atoms with Gasteiger partial charge in [-0.3, -0.25) is 29.4 Å². The van der Waals surface area contributed by atoms with Crippen molar-refractivity contribution in [2.24, 2.45) is 17.8 Å². The molecule has 0 bridgehead atoms. The second-order valence-electron chi connectivity index (χ2n) is 9.40. The van der Waals surface area contributed by atoms with Crippen molar-refractivity contribution < 1.29 is 29.2 Å². The Hall–Kier alpha value is -2.03. The third-order valence-corrected chi connectivity index (χ3v) is 7.60. The van der Waals surface area contributed by atoms with Crippen molar-refractivity contribution in [1.82, 2.24) is 4.90 Å². The van der Waals surface area contributed by atoms with E-state index in [2.05, 4.69) is 0 Å². The van der Waals surface area contributed by atoms with Gasteiger partial charge in [0.2, 0.25) is 17.9 Å². The highest BCUT2D eigenvalue weighted by Gasteiger charge is 2.53. The van der Waals surface area contributed by atoms with Crippen LogP contribution in [0.25, 0.3) is 0 Å². The zero-order chi connectivity index (χ0) is 21.4. The Morgan fingerprint density at radius 2 is 1.63 bits per heavy atom. The summed E-state index contributed by atoms with van der Waals surface area (Å²) in [6, 6.07) is -0.658. The number of nitro groups is 1. The van der Waals surface area contributed by atoms with Gasteiger partial charge < -0.3 is 9.84 Å². The third-order valence-electron chi connectivity index (χ3n) is 7.60. The molecule has 9 nitrogen and oxygen atoms in total. The fraction of sp³-hybridized carbons (Fsp3) is 0.857. The minimum atomic E-state index is -0.884. The Bertz CT molecular complexity index is 718. The topological polar surface area (TPSA) is 127 Å². The van der Waals surface area contributed by atoms with E-state index in [1.807, 2.05) is 0 Å². The molecule has 1 N–H and O–H groups in total. The summed E-state index contributed by atoms with van der Waals surface area (Å²) >= 11 is 0. The molecule has 0 radical (unpaired) electrons. The van der Waals surface area contributed by atoms with E-state index in [1.165, 1.54) is 4.90 Å². The Morgan fingerprint density at radius 3 is 2.30 bits per heavy atom. The number of rotatable bonds is 5. The second kappa shape index (κ2) is 8.61. The van der Waals surface area contributed by atoms with Crippen LogP contribution in [0.2, 0.25) is 0 Å². The van der Waals surface area contributed by atoms with Crippen LogP contribution >= 0.6 is 0 Å². The van der Waals surface area contributed by atoms with Crippen molar-refractivity contribution in [3.63, 3.8) is 0 Å². The molecule has 30 heavy (non-hydrogen) atoms. The molecule has 3 saturated carbocycles. The van der Waals surface area contributed by atoms with Gasteiger partial charge in [0.05, 0.1) is 30.0 Å². The van der Waals surface area contributed by atoms with Crippen LogP contribution in [0, 0.1) is 27.9 Å². The van der Waals surface area contributed by atoms with Crippen LogP contribution in [-0.2, 0) is 19.1 Å². The normalized spacial score (nSPS) is 39.6. The Balaban J connectivity index is 1.35. The lowest BCUT2D eigenvalue weighted by Gasteiger charge is -2.36. The summed E-state index contributed by atoms with van der Waals surface area (Å²) < 4.78 is 6.24. The van der Waals surface area contributed by atoms with Gasteiger partial charge in [0.1, 0.15) is 0 Å². The average Bonchev–Trinajstić information content (AvgIpc) is 2.98. The lowest BCUT2D eigenvalue weighted by molar-refractivity contribution is -0.527. The number of likely N-dealkylation sites (tertiary alicyclic amines) is 1. The maximum atomic E-state index is 13.0. The quantitative estimate of drug-likeness (QED) is 0.409. The van der Waals surface area contributed by atoms with Gasteiger partial charge in [-0.25, -0.2) is 0 Å². The molecule has 2 amide bonds. The molecule has 0 aromatic heterocycles. The first kappa shape index (κ1) is 21.2. The minimum absolute atomic E-state index is 0.00818. The molecule has 4 rings (SSSR count). The number of aliphatic carboxylic acids is 1. The van der Waals surface area contributed by atoms with Gasteiger partial charge in [-0.05, 0) is 57.8 Å². The number of nitrogens with zero attached hydrogens (tertiary/aromatic N) is 2. The summed E-state index contributed by atoms with van der Waals surface area (Å²) in [6.07, 6.45) is 6.65. The maximum absolute atomic E-state index is 13.0. The fourth-order valence-electron chi connectivity index (χ4n) is 5.93. The number of hydrogen-bond donors (Lipinski definition) is 1. The molecule has 5 unspecified atom stereocenters. The van der Waals surface area contributed by atoms with Gasteiger partial charge in [-0.2, -0.15) is 0 Å². The van der Waals surface area contributed by atoms with Gasteiger partial charge in [0.25, 0.3) is 0 Å². The van der Waals surface area contributed by atoms with Crippen LogP contribution in [0.4, 0.5) is 0 Å². The van der Waals surface area contributed by atoms with E-state index in [4.69, 9.17) is 4.74 Å². The zero-order valence-electron chi connectivity index (χ0n) is 17.1. The SMILES string of the molecule is O=C(O)C1CCC2C(=O)N(C3CCCC(OC4CCC([N+](=O)[O-])CC4)C3)C(=O)C2C1. The van der Waals surface area contributed by atoms with Gasteiger partial charge in [0.15, 0.2) is 0 Å². The summed E-state index contributed by atoms with van der Waals surface area (Å²) in [5.41, 5.74) is 0. The zero-order valence-corrected chi connectivity index (χ0v) is 17.1. The van der Waals surface area contributed by atoms with Gasteiger partial charge in [-0.1, -0.05) is 0 Å². The number of hydrogen-bond acceptors (Lipinski definition) is 6. The standard InChI is InChI=1S/C21H30N2O7/c24-19-17-9-4-12(21(26)27)10-18(17)20(25)22(19)14-2-1-3-16(11-14)30-15-7-5-13(6-8-15)23(28)29/h12-18H,1-11H2,(H,26,27). The monoisotopic (exact) mass is 422 g/mol. The molecule has 9 heteroatoms. The molecule has 4 fully saturated rings. The van der Waals surface area contributed by atoms with Crippen molar-refractivity contribution in [2.45, 2.75) is 94.9 Å². The van der Waals surface area contributed by atoms with Crippen LogP contribution in [0.15, 0.2) is 0 Å². The summed E-state index contributed by atoms with van der Waals surface area (Å²) in [5, 5.41) is 20.2. The van der Waals surface area contributed by atoms with E-state index in [0.29, 0.717) is 44.9 Å². The second-order valence-corrected chi connectivity index (χ2v) is 9.40. The van der Waals surface area contributed by atoms with Crippen LogP contribution < -0.4 is 0 Å². The molecule has 5 atom stereocenters. The smallest absolute Gasteiger partial charge is 0.306 e. The first-order valence-corrected chi connectivity index (χ1v) is 11.2. The van der Waals surface area contributed by atoms with Crippen LogP contribution in [0.5, 0.6) is 0 Å². The summed E-state index contributed by atoms with van der Waals surface area (Å²) in [6.45, 7) is 0. The molecule has 0 aromatic carbocycles. The van der Waals surface area contributed by atoms with Crippen molar-refractivity contribution in [1.29, 1.82) is 0 Å². The van der Waals surface area contributed by atoms with E-state index >= 15 is 0 Å². The van der Waals surface area contributed by atoms with E-state index in [1.54, 1.807) is 0 Å². The van der Waals surface area contributed by atoms with Gasteiger partial charge in [-0.15, -0.1) is 0 Å². The third kappa shape index (κ3) is 4.08. The van der Waals surface area contributed by atoms with Crippen molar-refractivity contribution >= 4 is 17.8 Å². The number of fused-ring (bicyclic) bond motifs is 1. The Kier molecular flexibility index (Phi) is 6.09. The first-order valence-electron chi connectivity index (χ1n) is 11.2. The number of carboxylic acids is 1. The largest absolute Gasteiger partial charge is 0.481 e. The Morgan fingerprint density at radius 1 is 0.933 bits per heavy atom. The van der Waals surface area contributed by atoms with E-state index < -0.39 is 23.8 Å². The first-order chi connectivity index (χ1) is 14.3. The average molecular weight is 422 g/mol. The number of amides is 2. The summed E-state index contributed by atoms with van der Waals surface area (Å²) in [4.78, 5) is 49.5. The highest BCUT2D eigenvalue weighted by molar-refractivity contribution is 6.05. The molecular weight excluding hydrogens is 392 g/mol. The molecule has 1 heterocycles. The number of ether oxygens (including phenoxy) is 1. The number of carbonyl (C=O) groups is 3. The number of carbonyl (C=O) groups excluding carboxylic acids is 2. The number of carboxylic acid groups (broad SMARTS) is 1. The molecule has 1 aliphatic heterocycles. The molecule has 1 saturated heterocycles. The lowest BCUT2D eigenvalue weighted by atomic mass is 9.75. The summed E-state index contributed by atoms with van der Waals surface area (Å²) in [7, 11) is 0. The molecule has 0 spiro atoms. The molecular formula is C21H30N2O7. The highest BCUT2D eigenvalue weighted by Crippen LogP contribution is 2.43. The van der Waals surface area contributed by atoms with Crippen molar-refractivity contribution in [3.8, 4) is 0 Å². The fourth-order valence-corrected chi connectivity index (χ4v) is 5.93. The minimum Gasteiger partial charge on any atom is -0.481 e. The van der Waals surface area contributed by atoms with Crippen LogP contribution in [-0.4, -0.2) is 57.0 Å². The molecule has 3 aliphatic carbocycles. The molecule has 166 valence electrons. The van der Waals surface area contributed by atoms with E-state index in [-0.39, 0.29) is 47.3 Å².